The summed E-state index contributed by atoms with van der Waals surface area (Å²) in [4.78, 5) is 15.1. The molecule has 0 spiro atoms. The molecule has 138 valence electrons. The molecule has 0 saturated carbocycles. The van der Waals surface area contributed by atoms with Gasteiger partial charge < -0.3 is 5.11 Å². The Morgan fingerprint density at radius 1 is 1.04 bits per heavy atom. The summed E-state index contributed by atoms with van der Waals surface area (Å²) >= 11 is 0. The summed E-state index contributed by atoms with van der Waals surface area (Å²) in [5.41, 5.74) is 1.85. The van der Waals surface area contributed by atoms with E-state index in [1.54, 1.807) is 24.3 Å². The molecule has 1 aliphatic rings. The number of aliphatic carboxylic acids is 1. The number of hydrogen-bond acceptors (Lipinski definition) is 3. The molecule has 0 radical (unpaired) electrons. The van der Waals surface area contributed by atoms with E-state index in [0.29, 0.717) is 19.6 Å². The Balaban J connectivity index is 1.89. The maximum atomic E-state index is 13.4. The van der Waals surface area contributed by atoms with E-state index in [9.17, 15) is 13.6 Å². The van der Waals surface area contributed by atoms with Crippen LogP contribution < -0.4 is 0 Å². The number of piperazine rings is 1. The Bertz CT molecular complexity index is 704. The van der Waals surface area contributed by atoms with Crippen LogP contribution in [0.2, 0.25) is 0 Å². The van der Waals surface area contributed by atoms with Crippen LogP contribution in [-0.4, -0.2) is 53.1 Å². The van der Waals surface area contributed by atoms with Crippen molar-refractivity contribution in [2.24, 2.45) is 0 Å². The van der Waals surface area contributed by atoms with Gasteiger partial charge in [-0.1, -0.05) is 24.3 Å². The highest BCUT2D eigenvalue weighted by molar-refractivity contribution is 5.69. The van der Waals surface area contributed by atoms with Crippen molar-refractivity contribution in [2.75, 3.05) is 26.2 Å². The molecule has 1 N–H and O–H groups in total. The van der Waals surface area contributed by atoms with E-state index in [4.69, 9.17) is 5.11 Å². The maximum absolute atomic E-state index is 13.4. The molecule has 2 aromatic carbocycles. The Morgan fingerprint density at radius 3 is 1.96 bits per heavy atom. The molecule has 6 heteroatoms. The molecule has 2 aromatic rings. The SMILES string of the molecule is C[C@@H]1CN(CC(=O)O)CCN1C(c1ccc(F)cc1)c1ccc(F)cc1. The Morgan fingerprint density at radius 2 is 1.54 bits per heavy atom. The first kappa shape index (κ1) is 18.5. The number of carbonyl (C=O) groups is 1. The summed E-state index contributed by atoms with van der Waals surface area (Å²) in [7, 11) is 0. The minimum absolute atomic E-state index is 0.0238. The van der Waals surface area contributed by atoms with E-state index in [1.807, 2.05) is 11.8 Å². The van der Waals surface area contributed by atoms with Crippen molar-refractivity contribution in [1.29, 1.82) is 0 Å². The molecular formula is C20H22F2N2O2. The summed E-state index contributed by atoms with van der Waals surface area (Å²) in [6.45, 7) is 4.01. The van der Waals surface area contributed by atoms with E-state index in [-0.39, 0.29) is 30.3 Å². The number of rotatable bonds is 5. The lowest BCUT2D eigenvalue weighted by atomic mass is 9.94. The second kappa shape index (κ2) is 7.93. The van der Waals surface area contributed by atoms with Gasteiger partial charge in [-0.15, -0.1) is 0 Å². The molecule has 0 aliphatic carbocycles. The number of hydrogen-bond donors (Lipinski definition) is 1. The smallest absolute Gasteiger partial charge is 0.317 e. The zero-order valence-electron chi connectivity index (χ0n) is 14.6. The summed E-state index contributed by atoms with van der Waals surface area (Å²) < 4.78 is 26.7. The highest BCUT2D eigenvalue weighted by Crippen LogP contribution is 2.32. The molecule has 1 aliphatic heterocycles. The maximum Gasteiger partial charge on any atom is 0.317 e. The van der Waals surface area contributed by atoms with Crippen LogP contribution in [0.15, 0.2) is 48.5 Å². The van der Waals surface area contributed by atoms with E-state index in [0.717, 1.165) is 11.1 Å². The summed E-state index contributed by atoms with van der Waals surface area (Å²) in [6.07, 6.45) is 0. The predicted octanol–water partition coefficient (Wildman–Crippen LogP) is 3.14. The van der Waals surface area contributed by atoms with Crippen molar-refractivity contribution < 1.29 is 18.7 Å². The second-order valence-electron chi connectivity index (χ2n) is 6.72. The lowest BCUT2D eigenvalue weighted by Gasteiger charge is -2.44. The first-order valence-electron chi connectivity index (χ1n) is 8.65. The Labute approximate surface area is 151 Å². The average molecular weight is 360 g/mol. The van der Waals surface area contributed by atoms with Gasteiger partial charge in [0.2, 0.25) is 0 Å². The number of halogens is 2. The number of carboxylic acids is 1. The van der Waals surface area contributed by atoms with Gasteiger partial charge in [0.1, 0.15) is 11.6 Å². The van der Waals surface area contributed by atoms with Crippen LogP contribution >= 0.6 is 0 Å². The molecule has 0 bridgehead atoms. The molecule has 1 fully saturated rings. The van der Waals surface area contributed by atoms with Crippen LogP contribution in [0.1, 0.15) is 24.1 Å². The standard InChI is InChI=1S/C20H22F2N2O2/c1-14-12-23(13-19(25)26)10-11-24(14)20(15-2-6-17(21)7-3-15)16-4-8-18(22)9-5-16/h2-9,14,20H,10-13H2,1H3,(H,25,26)/t14-/m1/s1. The first-order chi connectivity index (χ1) is 12.4. The third-order valence-electron chi connectivity index (χ3n) is 4.83. The lowest BCUT2D eigenvalue weighted by molar-refractivity contribution is -0.139. The molecule has 0 aromatic heterocycles. The molecule has 3 rings (SSSR count). The minimum Gasteiger partial charge on any atom is -0.480 e. The van der Waals surface area contributed by atoms with Gasteiger partial charge in [-0.05, 0) is 42.3 Å². The molecule has 26 heavy (non-hydrogen) atoms. The zero-order chi connectivity index (χ0) is 18.7. The summed E-state index contributed by atoms with van der Waals surface area (Å²) in [5, 5.41) is 9.01. The van der Waals surface area contributed by atoms with Crippen molar-refractivity contribution in [2.45, 2.75) is 19.0 Å². The highest BCUT2D eigenvalue weighted by atomic mass is 19.1. The van der Waals surface area contributed by atoms with E-state index >= 15 is 0 Å². The van der Waals surface area contributed by atoms with Gasteiger partial charge in [-0.3, -0.25) is 14.6 Å². The zero-order valence-corrected chi connectivity index (χ0v) is 14.6. The van der Waals surface area contributed by atoms with Gasteiger partial charge in [-0.25, -0.2) is 8.78 Å². The molecule has 0 unspecified atom stereocenters. The fraction of sp³-hybridized carbons (Fsp3) is 0.350. The third kappa shape index (κ3) is 4.26. The fourth-order valence-electron chi connectivity index (χ4n) is 3.63. The highest BCUT2D eigenvalue weighted by Gasteiger charge is 2.31. The third-order valence-corrected chi connectivity index (χ3v) is 4.83. The van der Waals surface area contributed by atoms with E-state index in [1.165, 1.54) is 24.3 Å². The van der Waals surface area contributed by atoms with Crippen LogP contribution in [0, 0.1) is 11.6 Å². The van der Waals surface area contributed by atoms with Crippen molar-refractivity contribution in [3.63, 3.8) is 0 Å². The van der Waals surface area contributed by atoms with Crippen molar-refractivity contribution in [1.82, 2.24) is 9.80 Å². The largest absolute Gasteiger partial charge is 0.480 e. The van der Waals surface area contributed by atoms with E-state index < -0.39 is 5.97 Å². The van der Waals surface area contributed by atoms with Crippen LogP contribution in [-0.2, 0) is 4.79 Å². The number of carboxylic acid groups (broad SMARTS) is 1. The topological polar surface area (TPSA) is 43.8 Å². The van der Waals surface area contributed by atoms with Gasteiger partial charge in [0.05, 0.1) is 12.6 Å². The Hall–Kier alpha value is -2.31. The quantitative estimate of drug-likeness (QED) is 0.890. The molecule has 4 nitrogen and oxygen atoms in total. The normalized spacial score (nSPS) is 19.0. The first-order valence-corrected chi connectivity index (χ1v) is 8.65. The van der Waals surface area contributed by atoms with Crippen LogP contribution in [0.5, 0.6) is 0 Å². The molecular weight excluding hydrogens is 338 g/mol. The van der Waals surface area contributed by atoms with Crippen molar-refractivity contribution >= 4 is 5.97 Å². The van der Waals surface area contributed by atoms with Crippen molar-refractivity contribution in [3.8, 4) is 0 Å². The van der Waals surface area contributed by atoms with Gasteiger partial charge in [0.25, 0.3) is 0 Å². The van der Waals surface area contributed by atoms with Crippen LogP contribution in [0.4, 0.5) is 8.78 Å². The summed E-state index contributed by atoms with van der Waals surface area (Å²) in [5.74, 6) is -1.43. The molecule has 1 saturated heterocycles. The van der Waals surface area contributed by atoms with E-state index in [2.05, 4.69) is 4.90 Å². The molecule has 0 amide bonds. The van der Waals surface area contributed by atoms with Gasteiger partial charge in [0.15, 0.2) is 0 Å². The fourth-order valence-corrected chi connectivity index (χ4v) is 3.63. The molecule has 1 atom stereocenters. The van der Waals surface area contributed by atoms with Gasteiger partial charge in [0, 0.05) is 25.7 Å². The van der Waals surface area contributed by atoms with Gasteiger partial charge in [-0.2, -0.15) is 0 Å². The van der Waals surface area contributed by atoms with Crippen LogP contribution in [0.25, 0.3) is 0 Å². The lowest BCUT2D eigenvalue weighted by Crippen LogP contribution is -2.54. The van der Waals surface area contributed by atoms with Crippen molar-refractivity contribution in [3.05, 3.63) is 71.3 Å². The minimum atomic E-state index is -0.834. The average Bonchev–Trinajstić information content (AvgIpc) is 2.59. The number of benzene rings is 2. The van der Waals surface area contributed by atoms with Crippen LogP contribution in [0.3, 0.4) is 0 Å². The predicted molar refractivity (Wildman–Crippen MR) is 94.9 cm³/mol. The summed E-state index contributed by atoms with van der Waals surface area (Å²) in [6, 6.07) is 12.7. The second-order valence-corrected chi connectivity index (χ2v) is 6.72. The monoisotopic (exact) mass is 360 g/mol. The number of nitrogens with zero attached hydrogens (tertiary/aromatic N) is 2. The van der Waals surface area contributed by atoms with Gasteiger partial charge >= 0.3 is 5.97 Å². The molecule has 1 heterocycles. The Kier molecular flexibility index (Phi) is 5.64.